The molecule has 0 saturated carbocycles. The van der Waals surface area contributed by atoms with Gasteiger partial charge in [0.25, 0.3) is 0 Å². The molecule has 0 fully saturated rings. The van der Waals surface area contributed by atoms with Gasteiger partial charge >= 0.3 is 23.1 Å². The van der Waals surface area contributed by atoms with Crippen LogP contribution in [0.3, 0.4) is 0 Å². The van der Waals surface area contributed by atoms with E-state index in [1.807, 2.05) is 18.3 Å². The maximum atomic E-state index is 3.12. The van der Waals surface area contributed by atoms with E-state index in [0.717, 1.165) is 0 Å². The van der Waals surface area contributed by atoms with Crippen LogP contribution in [-0.2, 0) is 0 Å². The molecule has 1 aromatic carbocycles. The van der Waals surface area contributed by atoms with Gasteiger partial charge in [-0.05, 0) is 17.5 Å². The molecule has 2 aromatic rings. The van der Waals surface area contributed by atoms with E-state index in [9.17, 15) is 0 Å². The molecular weight excluding hydrogens is 388 g/mol. The Morgan fingerprint density at radius 2 is 1.58 bits per heavy atom. The largest absolute Gasteiger partial charge is 2.00 e. The molecule has 0 bridgehead atoms. The van der Waals surface area contributed by atoms with E-state index in [2.05, 4.69) is 23.2 Å². The molecule has 12 heavy (non-hydrogen) atoms. The monoisotopic (exact) mass is 395 g/mol. The van der Waals surface area contributed by atoms with Gasteiger partial charge in [0, 0.05) is 11.7 Å². The van der Waals surface area contributed by atoms with Crippen LogP contribution in [-0.4, -0.2) is 28.0 Å². The summed E-state index contributed by atoms with van der Waals surface area (Å²) >= 11 is 0. The van der Waals surface area contributed by atoms with Crippen LogP contribution in [0.1, 0.15) is 0 Å². The number of aromatic amines is 1. The van der Waals surface area contributed by atoms with Crippen molar-refractivity contribution in [3.63, 3.8) is 0 Å². The minimum atomic E-state index is 0. The first-order chi connectivity index (χ1) is 4.47. The Hall–Kier alpha value is 0.986. The van der Waals surface area contributed by atoms with Crippen LogP contribution in [0, 0.1) is 0 Å². The van der Waals surface area contributed by atoms with E-state index in [-0.39, 0.29) is 71.0 Å². The van der Waals surface area contributed by atoms with Gasteiger partial charge in [0.15, 0.2) is 0 Å². The van der Waals surface area contributed by atoms with Crippen molar-refractivity contribution in [2.45, 2.75) is 0 Å². The molecule has 0 amide bonds. The Morgan fingerprint density at radius 3 is 2.25 bits per heavy atom. The third-order valence-electron chi connectivity index (χ3n) is 1.46. The number of H-pyrrole nitrogens is 1. The summed E-state index contributed by atoms with van der Waals surface area (Å²) in [5.41, 5.74) is 1.21. The van der Waals surface area contributed by atoms with Gasteiger partial charge < -0.3 is 52.9 Å². The molecular formula is C8H7I2MgN. The van der Waals surface area contributed by atoms with Crippen molar-refractivity contribution in [3.8, 4) is 0 Å². The van der Waals surface area contributed by atoms with E-state index in [4.69, 9.17) is 0 Å². The van der Waals surface area contributed by atoms with E-state index in [1.165, 1.54) is 10.9 Å². The molecule has 2 rings (SSSR count). The molecule has 1 aromatic heterocycles. The van der Waals surface area contributed by atoms with Crippen LogP contribution in [0.5, 0.6) is 0 Å². The SMILES string of the molecule is [I-].[I-].[Mg+2].c1ccc2[nH]ccc2c1. The third kappa shape index (κ3) is 3.39. The standard InChI is InChI=1S/C8H7N.2HI.Mg/c1-2-4-8-7(3-1)5-6-9-8;;;/h1-6,9H;2*1H;/q;;;+2/p-2. The third-order valence-corrected chi connectivity index (χ3v) is 1.46. The zero-order valence-corrected chi connectivity index (χ0v) is 12.2. The predicted octanol–water partition coefficient (Wildman–Crippen LogP) is -4.20. The number of hydrogen-bond donors (Lipinski definition) is 1. The van der Waals surface area contributed by atoms with Gasteiger partial charge in [-0.25, -0.2) is 0 Å². The van der Waals surface area contributed by atoms with Crippen molar-refractivity contribution < 1.29 is 48.0 Å². The molecule has 0 aliphatic heterocycles. The van der Waals surface area contributed by atoms with E-state index in [1.54, 1.807) is 0 Å². The number of rotatable bonds is 0. The fourth-order valence-electron chi connectivity index (χ4n) is 0.995. The summed E-state index contributed by atoms with van der Waals surface area (Å²) in [6.45, 7) is 0. The molecule has 60 valence electrons. The van der Waals surface area contributed by atoms with Crippen molar-refractivity contribution >= 4 is 34.0 Å². The Kier molecular flexibility index (Phi) is 9.53. The average Bonchev–Trinajstić information content (AvgIpc) is 2.33. The van der Waals surface area contributed by atoms with Crippen molar-refractivity contribution in [3.05, 3.63) is 36.5 Å². The number of halogens is 2. The fraction of sp³-hybridized carbons (Fsp3) is 0. The Bertz CT molecular complexity index is 291. The fourth-order valence-corrected chi connectivity index (χ4v) is 0.995. The average molecular weight is 395 g/mol. The number of nitrogens with one attached hydrogen (secondary N) is 1. The van der Waals surface area contributed by atoms with Crippen LogP contribution >= 0.6 is 0 Å². The number of para-hydroxylation sites is 1. The first-order valence-corrected chi connectivity index (χ1v) is 2.99. The molecule has 1 nitrogen and oxygen atoms in total. The van der Waals surface area contributed by atoms with Crippen molar-refractivity contribution in [1.29, 1.82) is 0 Å². The summed E-state index contributed by atoms with van der Waals surface area (Å²) in [6, 6.07) is 10.3. The molecule has 0 aliphatic carbocycles. The van der Waals surface area contributed by atoms with E-state index < -0.39 is 0 Å². The maximum absolute atomic E-state index is 3.12. The summed E-state index contributed by atoms with van der Waals surface area (Å²) in [6.07, 6.45) is 1.95. The topological polar surface area (TPSA) is 15.8 Å². The van der Waals surface area contributed by atoms with Crippen molar-refractivity contribution in [1.82, 2.24) is 4.98 Å². The molecule has 0 unspecified atom stereocenters. The second kappa shape index (κ2) is 7.40. The molecule has 0 spiro atoms. The van der Waals surface area contributed by atoms with Gasteiger partial charge in [-0.15, -0.1) is 0 Å². The van der Waals surface area contributed by atoms with Gasteiger partial charge in [-0.3, -0.25) is 0 Å². The van der Waals surface area contributed by atoms with E-state index >= 15 is 0 Å². The zero-order valence-electron chi connectivity index (χ0n) is 6.43. The van der Waals surface area contributed by atoms with Crippen LogP contribution in [0.25, 0.3) is 10.9 Å². The molecule has 0 saturated heterocycles. The van der Waals surface area contributed by atoms with Gasteiger partial charge in [0.05, 0.1) is 0 Å². The number of benzene rings is 1. The van der Waals surface area contributed by atoms with Crippen LogP contribution in [0.4, 0.5) is 0 Å². The van der Waals surface area contributed by atoms with Crippen LogP contribution < -0.4 is 48.0 Å². The summed E-state index contributed by atoms with van der Waals surface area (Å²) in [5, 5.41) is 1.28. The summed E-state index contributed by atoms with van der Waals surface area (Å²) in [5.74, 6) is 0. The normalized spacial score (nSPS) is 7.67. The van der Waals surface area contributed by atoms with E-state index in [0.29, 0.717) is 0 Å². The molecule has 1 N–H and O–H groups in total. The second-order valence-corrected chi connectivity index (χ2v) is 2.06. The van der Waals surface area contributed by atoms with Crippen LogP contribution in [0.15, 0.2) is 36.5 Å². The predicted molar refractivity (Wildman–Crippen MR) is 44.1 cm³/mol. The summed E-state index contributed by atoms with van der Waals surface area (Å²) in [4.78, 5) is 3.12. The Labute approximate surface area is 122 Å². The smallest absolute Gasteiger partial charge is 1.00 e. The minimum Gasteiger partial charge on any atom is -1.00 e. The molecule has 1 heterocycles. The quantitative estimate of drug-likeness (QED) is 0.344. The Morgan fingerprint density at radius 1 is 0.917 bits per heavy atom. The van der Waals surface area contributed by atoms with Gasteiger partial charge in [0.2, 0.25) is 0 Å². The Balaban J connectivity index is 0. The zero-order chi connectivity index (χ0) is 6.10. The number of aromatic nitrogens is 1. The summed E-state index contributed by atoms with van der Waals surface area (Å²) in [7, 11) is 0. The maximum Gasteiger partial charge on any atom is 2.00 e. The van der Waals surface area contributed by atoms with Gasteiger partial charge in [0.1, 0.15) is 0 Å². The van der Waals surface area contributed by atoms with Crippen molar-refractivity contribution in [2.24, 2.45) is 0 Å². The second-order valence-electron chi connectivity index (χ2n) is 2.06. The van der Waals surface area contributed by atoms with Crippen molar-refractivity contribution in [2.75, 3.05) is 0 Å². The van der Waals surface area contributed by atoms with Gasteiger partial charge in [-0.2, -0.15) is 0 Å². The van der Waals surface area contributed by atoms with Gasteiger partial charge in [-0.1, -0.05) is 18.2 Å². The number of fused-ring (bicyclic) bond motifs is 1. The molecule has 0 aliphatic rings. The molecule has 4 heteroatoms. The number of hydrogen-bond acceptors (Lipinski definition) is 0. The molecule has 0 atom stereocenters. The molecule has 0 radical (unpaired) electrons. The minimum absolute atomic E-state index is 0. The first kappa shape index (κ1) is 15.5. The first-order valence-electron chi connectivity index (χ1n) is 2.99. The van der Waals surface area contributed by atoms with Crippen LogP contribution in [0.2, 0.25) is 0 Å². The summed E-state index contributed by atoms with van der Waals surface area (Å²) < 4.78 is 0.